The molecule has 0 saturated carbocycles. The lowest BCUT2D eigenvalue weighted by atomic mass is 10.1. The van der Waals surface area contributed by atoms with Gasteiger partial charge in [-0.3, -0.25) is 14.2 Å². The van der Waals surface area contributed by atoms with Crippen molar-refractivity contribution < 1.29 is 4.79 Å². The summed E-state index contributed by atoms with van der Waals surface area (Å²) in [5.41, 5.74) is 3.78. The van der Waals surface area contributed by atoms with Crippen LogP contribution in [0.1, 0.15) is 10.4 Å². The number of nitrogens with one attached hydrogen (secondary N) is 2. The van der Waals surface area contributed by atoms with Crippen LogP contribution in [0.4, 0.5) is 11.5 Å². The molecule has 0 aliphatic heterocycles. The highest BCUT2D eigenvalue weighted by molar-refractivity contribution is 6.30. The van der Waals surface area contributed by atoms with Crippen LogP contribution >= 0.6 is 11.6 Å². The number of hydrogen-bond acceptors (Lipinski definition) is 5. The van der Waals surface area contributed by atoms with Gasteiger partial charge in [-0.1, -0.05) is 29.8 Å². The molecule has 0 bridgehead atoms. The second-order valence-corrected chi connectivity index (χ2v) is 7.82. The van der Waals surface area contributed by atoms with Crippen molar-refractivity contribution in [1.82, 2.24) is 24.6 Å². The predicted octanol–water partition coefficient (Wildman–Crippen LogP) is 4.08. The molecule has 2 aromatic carbocycles. The third-order valence-electron chi connectivity index (χ3n) is 4.78. The average molecular weight is 435 g/mol. The van der Waals surface area contributed by atoms with Crippen molar-refractivity contribution in [2.24, 2.45) is 0 Å². The van der Waals surface area contributed by atoms with Crippen molar-refractivity contribution in [1.29, 1.82) is 0 Å². The van der Waals surface area contributed by atoms with Gasteiger partial charge in [0, 0.05) is 47.3 Å². The minimum absolute atomic E-state index is 0.106. The molecule has 0 atom stereocenters. The van der Waals surface area contributed by atoms with Crippen LogP contribution in [-0.4, -0.2) is 52.4 Å². The molecule has 1 amide bonds. The van der Waals surface area contributed by atoms with E-state index in [1.807, 2.05) is 72.1 Å². The van der Waals surface area contributed by atoms with Crippen LogP contribution in [0.2, 0.25) is 5.02 Å². The number of carbonyl (C=O) groups is 1. The van der Waals surface area contributed by atoms with Gasteiger partial charge in [0.25, 0.3) is 5.91 Å². The molecule has 8 heteroatoms. The second kappa shape index (κ2) is 9.16. The van der Waals surface area contributed by atoms with Crippen molar-refractivity contribution in [3.8, 4) is 11.3 Å². The lowest BCUT2D eigenvalue weighted by Crippen LogP contribution is -2.31. The van der Waals surface area contributed by atoms with Crippen molar-refractivity contribution in [2.45, 2.75) is 0 Å². The molecule has 0 saturated heterocycles. The Labute approximate surface area is 185 Å². The molecule has 0 spiro atoms. The summed E-state index contributed by atoms with van der Waals surface area (Å²) in [6, 6.07) is 14.9. The molecule has 4 aromatic rings. The Hall–Kier alpha value is -3.42. The first kappa shape index (κ1) is 20.8. The Morgan fingerprint density at radius 1 is 1.16 bits per heavy atom. The van der Waals surface area contributed by atoms with Gasteiger partial charge in [-0.2, -0.15) is 0 Å². The summed E-state index contributed by atoms with van der Waals surface area (Å²) in [6.07, 6.45) is 5.27. The number of imidazole rings is 1. The number of aromatic nitrogens is 3. The zero-order valence-electron chi connectivity index (χ0n) is 17.3. The average Bonchev–Trinajstić information content (AvgIpc) is 3.12. The highest BCUT2D eigenvalue weighted by atomic mass is 35.5. The van der Waals surface area contributed by atoms with Gasteiger partial charge in [0.05, 0.1) is 6.20 Å². The summed E-state index contributed by atoms with van der Waals surface area (Å²) in [5, 5.41) is 7.04. The van der Waals surface area contributed by atoms with Gasteiger partial charge in [0.1, 0.15) is 11.5 Å². The fourth-order valence-electron chi connectivity index (χ4n) is 3.21. The normalized spacial score (nSPS) is 11.1. The number of fused-ring (bicyclic) bond motifs is 1. The molecule has 2 aromatic heterocycles. The van der Waals surface area contributed by atoms with Crippen molar-refractivity contribution in [3.05, 3.63) is 77.7 Å². The Bertz CT molecular complexity index is 1200. The van der Waals surface area contributed by atoms with Gasteiger partial charge >= 0.3 is 0 Å². The third-order valence-corrected chi connectivity index (χ3v) is 5.03. The van der Waals surface area contributed by atoms with Crippen LogP contribution < -0.4 is 10.6 Å². The van der Waals surface area contributed by atoms with Crippen molar-refractivity contribution in [2.75, 3.05) is 32.5 Å². The molecule has 0 aliphatic carbocycles. The third kappa shape index (κ3) is 4.84. The van der Waals surface area contributed by atoms with Crippen LogP contribution in [0.3, 0.4) is 0 Å². The standard InChI is InChI=1S/C23H23ClN6O/c1-29(2)12-11-26-23(31)17-4-3-5-19(14-17)27-22-21(16-6-8-18(24)9-7-16)28-20-15-25-10-13-30(20)22/h3-10,13-15,27H,11-12H2,1-2H3,(H,26,31). The Morgan fingerprint density at radius 3 is 2.74 bits per heavy atom. The van der Waals surface area contributed by atoms with Gasteiger partial charge in [-0.25, -0.2) is 4.98 Å². The van der Waals surface area contributed by atoms with E-state index >= 15 is 0 Å². The summed E-state index contributed by atoms with van der Waals surface area (Å²) in [6.45, 7) is 1.37. The van der Waals surface area contributed by atoms with E-state index in [0.717, 1.165) is 29.3 Å². The van der Waals surface area contributed by atoms with E-state index in [-0.39, 0.29) is 5.91 Å². The second-order valence-electron chi connectivity index (χ2n) is 7.39. The van der Waals surface area contributed by atoms with E-state index in [1.165, 1.54) is 0 Å². The van der Waals surface area contributed by atoms with E-state index in [4.69, 9.17) is 16.6 Å². The number of carbonyl (C=O) groups excluding carboxylic acids is 1. The fourth-order valence-corrected chi connectivity index (χ4v) is 3.33. The zero-order chi connectivity index (χ0) is 21.8. The Morgan fingerprint density at radius 2 is 1.97 bits per heavy atom. The first-order chi connectivity index (χ1) is 15.0. The predicted molar refractivity (Wildman–Crippen MR) is 124 cm³/mol. The van der Waals surface area contributed by atoms with E-state index in [0.29, 0.717) is 22.8 Å². The Kier molecular flexibility index (Phi) is 6.16. The summed E-state index contributed by atoms with van der Waals surface area (Å²) in [7, 11) is 3.95. The highest BCUT2D eigenvalue weighted by Gasteiger charge is 2.15. The van der Waals surface area contributed by atoms with Gasteiger partial charge in [-0.15, -0.1) is 0 Å². The van der Waals surface area contributed by atoms with E-state index in [9.17, 15) is 4.79 Å². The molecule has 4 rings (SSSR count). The molecule has 0 radical (unpaired) electrons. The fraction of sp³-hybridized carbons (Fsp3) is 0.174. The summed E-state index contributed by atoms with van der Waals surface area (Å²) in [4.78, 5) is 23.4. The van der Waals surface area contributed by atoms with Crippen LogP contribution in [0.5, 0.6) is 0 Å². The largest absolute Gasteiger partial charge is 0.351 e. The minimum Gasteiger partial charge on any atom is -0.351 e. The molecule has 158 valence electrons. The maximum Gasteiger partial charge on any atom is 0.251 e. The van der Waals surface area contributed by atoms with Crippen LogP contribution in [0, 0.1) is 0 Å². The van der Waals surface area contributed by atoms with Gasteiger partial charge < -0.3 is 15.5 Å². The van der Waals surface area contributed by atoms with Crippen LogP contribution in [0.15, 0.2) is 67.1 Å². The molecule has 2 heterocycles. The number of hydrogen-bond donors (Lipinski definition) is 2. The molecule has 0 fully saturated rings. The maximum absolute atomic E-state index is 12.5. The first-order valence-electron chi connectivity index (χ1n) is 9.89. The SMILES string of the molecule is CN(C)CCNC(=O)c1cccc(Nc2c(-c3ccc(Cl)cc3)nc3cnccn23)c1. The zero-order valence-corrected chi connectivity index (χ0v) is 18.1. The smallest absolute Gasteiger partial charge is 0.251 e. The molecule has 7 nitrogen and oxygen atoms in total. The molecule has 0 unspecified atom stereocenters. The highest BCUT2D eigenvalue weighted by Crippen LogP contribution is 2.31. The number of anilines is 2. The number of nitrogens with zero attached hydrogens (tertiary/aromatic N) is 4. The van der Waals surface area contributed by atoms with Gasteiger partial charge in [0.15, 0.2) is 5.65 Å². The topological polar surface area (TPSA) is 74.6 Å². The van der Waals surface area contributed by atoms with Crippen LogP contribution in [0.25, 0.3) is 16.9 Å². The first-order valence-corrected chi connectivity index (χ1v) is 10.3. The van der Waals surface area contributed by atoms with E-state index < -0.39 is 0 Å². The number of rotatable bonds is 7. The number of halogens is 1. The number of amides is 1. The lowest BCUT2D eigenvalue weighted by molar-refractivity contribution is 0.0951. The molecule has 31 heavy (non-hydrogen) atoms. The maximum atomic E-state index is 12.5. The van der Waals surface area contributed by atoms with Crippen molar-refractivity contribution in [3.63, 3.8) is 0 Å². The molecule has 0 aliphatic rings. The van der Waals surface area contributed by atoms with Gasteiger partial charge in [-0.05, 0) is 44.4 Å². The molecular weight excluding hydrogens is 412 g/mol. The quantitative estimate of drug-likeness (QED) is 0.458. The number of likely N-dealkylation sites (N-methyl/N-ethyl adjacent to an activating group) is 1. The Balaban J connectivity index is 1.65. The summed E-state index contributed by atoms with van der Waals surface area (Å²) < 4.78 is 1.93. The van der Waals surface area contributed by atoms with Gasteiger partial charge in [0.2, 0.25) is 0 Å². The summed E-state index contributed by atoms with van der Waals surface area (Å²) >= 11 is 6.06. The van der Waals surface area contributed by atoms with Crippen LogP contribution in [-0.2, 0) is 0 Å². The number of benzene rings is 2. The lowest BCUT2D eigenvalue weighted by Gasteiger charge is -2.12. The molecular formula is C23H23ClN6O. The van der Waals surface area contributed by atoms with E-state index in [2.05, 4.69) is 15.6 Å². The summed E-state index contributed by atoms with van der Waals surface area (Å²) in [5.74, 6) is 0.677. The monoisotopic (exact) mass is 434 g/mol. The van der Waals surface area contributed by atoms with E-state index in [1.54, 1.807) is 18.5 Å². The minimum atomic E-state index is -0.106. The molecule has 2 N–H and O–H groups in total. The van der Waals surface area contributed by atoms with Crippen molar-refractivity contribution >= 4 is 34.7 Å².